The van der Waals surface area contributed by atoms with Crippen LogP contribution in [-0.4, -0.2) is 10.9 Å². The van der Waals surface area contributed by atoms with E-state index in [4.69, 9.17) is 0 Å². The van der Waals surface area contributed by atoms with Crippen molar-refractivity contribution >= 4 is 17.2 Å². The molecule has 0 bridgehead atoms. The number of amides is 1. The Kier molecular flexibility index (Phi) is 4.16. The topological polar surface area (TPSA) is 62.0 Å². The Morgan fingerprint density at radius 3 is 2.59 bits per heavy atom. The zero-order valence-electron chi connectivity index (χ0n) is 11.7. The van der Waals surface area contributed by atoms with Gasteiger partial charge in [-0.2, -0.15) is 11.3 Å². The molecule has 0 aliphatic heterocycles. The Balaban J connectivity index is 1.77. The molecule has 0 saturated heterocycles. The molecule has 4 nitrogen and oxygen atoms in total. The highest BCUT2D eigenvalue weighted by atomic mass is 32.1. The first kappa shape index (κ1) is 14.3. The third-order valence-electron chi connectivity index (χ3n) is 3.27. The van der Waals surface area contributed by atoms with Gasteiger partial charge in [0, 0.05) is 12.2 Å². The summed E-state index contributed by atoms with van der Waals surface area (Å²) in [5.41, 5.74) is 2.36. The van der Waals surface area contributed by atoms with E-state index in [-0.39, 0.29) is 17.0 Å². The van der Waals surface area contributed by atoms with Gasteiger partial charge < -0.3 is 10.3 Å². The van der Waals surface area contributed by atoms with Gasteiger partial charge in [-0.1, -0.05) is 30.3 Å². The molecule has 2 N–H and O–H groups in total. The SMILES string of the molecule is O=C(NCc1ccsc1)c1ccc(-c2ccccc2)[nH]c1=O. The van der Waals surface area contributed by atoms with Crippen LogP contribution >= 0.6 is 11.3 Å². The van der Waals surface area contributed by atoms with E-state index in [9.17, 15) is 9.59 Å². The third-order valence-corrected chi connectivity index (χ3v) is 4.00. The van der Waals surface area contributed by atoms with E-state index in [1.807, 2.05) is 47.2 Å². The highest BCUT2D eigenvalue weighted by molar-refractivity contribution is 7.07. The summed E-state index contributed by atoms with van der Waals surface area (Å²) in [5, 5.41) is 6.66. The number of hydrogen-bond donors (Lipinski definition) is 2. The van der Waals surface area contributed by atoms with E-state index < -0.39 is 0 Å². The van der Waals surface area contributed by atoms with Crippen LogP contribution in [0.5, 0.6) is 0 Å². The number of hydrogen-bond acceptors (Lipinski definition) is 3. The molecule has 0 radical (unpaired) electrons. The molecule has 3 rings (SSSR count). The summed E-state index contributed by atoms with van der Waals surface area (Å²) in [6, 6.07) is 14.8. The van der Waals surface area contributed by atoms with E-state index in [1.165, 1.54) is 0 Å². The summed E-state index contributed by atoms with van der Waals surface area (Å²) in [6.07, 6.45) is 0. The number of carbonyl (C=O) groups excluding carboxylic acids is 1. The van der Waals surface area contributed by atoms with Crippen LogP contribution in [-0.2, 0) is 6.54 Å². The highest BCUT2D eigenvalue weighted by Crippen LogP contribution is 2.14. The standard InChI is InChI=1S/C17H14N2O2S/c20-16(18-10-12-8-9-22-11-12)14-6-7-15(19-17(14)21)13-4-2-1-3-5-13/h1-9,11H,10H2,(H,18,20)(H,19,21). The molecular weight excluding hydrogens is 296 g/mol. The maximum absolute atomic E-state index is 12.1. The number of nitrogens with one attached hydrogen (secondary N) is 2. The minimum absolute atomic E-state index is 0.120. The lowest BCUT2D eigenvalue weighted by Crippen LogP contribution is -2.29. The van der Waals surface area contributed by atoms with Gasteiger partial charge in [0.05, 0.1) is 0 Å². The number of aromatic amines is 1. The first-order chi connectivity index (χ1) is 10.7. The number of carbonyl (C=O) groups is 1. The van der Waals surface area contributed by atoms with Crippen LogP contribution in [0.4, 0.5) is 0 Å². The van der Waals surface area contributed by atoms with Crippen molar-refractivity contribution in [3.63, 3.8) is 0 Å². The maximum atomic E-state index is 12.1. The number of H-pyrrole nitrogens is 1. The normalized spacial score (nSPS) is 10.4. The van der Waals surface area contributed by atoms with Crippen molar-refractivity contribution < 1.29 is 4.79 Å². The van der Waals surface area contributed by atoms with Crippen LogP contribution in [0.25, 0.3) is 11.3 Å². The number of aromatic nitrogens is 1. The molecule has 0 spiro atoms. The monoisotopic (exact) mass is 310 g/mol. The van der Waals surface area contributed by atoms with Gasteiger partial charge in [0.1, 0.15) is 5.56 Å². The van der Waals surface area contributed by atoms with Crippen LogP contribution in [0.1, 0.15) is 15.9 Å². The third kappa shape index (κ3) is 3.15. The average Bonchev–Trinajstić information content (AvgIpc) is 3.07. The molecule has 0 fully saturated rings. The van der Waals surface area contributed by atoms with E-state index >= 15 is 0 Å². The first-order valence-electron chi connectivity index (χ1n) is 6.82. The Morgan fingerprint density at radius 2 is 1.91 bits per heavy atom. The van der Waals surface area contributed by atoms with Crippen molar-refractivity contribution in [1.82, 2.24) is 10.3 Å². The number of rotatable bonds is 4. The molecule has 0 aliphatic rings. The Labute approximate surface area is 131 Å². The van der Waals surface area contributed by atoms with E-state index in [2.05, 4.69) is 10.3 Å². The summed E-state index contributed by atoms with van der Waals surface area (Å²) in [7, 11) is 0. The average molecular weight is 310 g/mol. The lowest BCUT2D eigenvalue weighted by Gasteiger charge is -2.05. The minimum Gasteiger partial charge on any atom is -0.348 e. The predicted molar refractivity (Wildman–Crippen MR) is 88.0 cm³/mol. The minimum atomic E-state index is -0.385. The molecule has 0 unspecified atom stereocenters. The first-order valence-corrected chi connectivity index (χ1v) is 7.76. The Bertz CT molecular complexity index is 823. The number of pyridine rings is 1. The van der Waals surface area contributed by atoms with Crippen LogP contribution in [0.3, 0.4) is 0 Å². The van der Waals surface area contributed by atoms with Crippen molar-refractivity contribution in [3.05, 3.63) is 80.8 Å². The van der Waals surface area contributed by atoms with Crippen LogP contribution in [0.2, 0.25) is 0 Å². The van der Waals surface area contributed by atoms with E-state index in [0.717, 1.165) is 11.1 Å². The second-order valence-corrected chi connectivity index (χ2v) is 5.58. The van der Waals surface area contributed by atoms with Gasteiger partial charge in [0.2, 0.25) is 0 Å². The predicted octanol–water partition coefficient (Wildman–Crippen LogP) is 3.03. The molecule has 1 aromatic carbocycles. The van der Waals surface area contributed by atoms with E-state index in [1.54, 1.807) is 23.5 Å². The largest absolute Gasteiger partial charge is 0.348 e. The summed E-state index contributed by atoms with van der Waals surface area (Å²) in [6.45, 7) is 0.419. The Hall–Kier alpha value is -2.66. The lowest BCUT2D eigenvalue weighted by atomic mass is 10.1. The van der Waals surface area contributed by atoms with Gasteiger partial charge in [-0.05, 0) is 40.1 Å². The molecular formula is C17H14N2O2S. The molecule has 110 valence electrons. The van der Waals surface area contributed by atoms with Crippen molar-refractivity contribution in [2.75, 3.05) is 0 Å². The molecule has 0 atom stereocenters. The second-order valence-electron chi connectivity index (χ2n) is 4.80. The fraction of sp³-hybridized carbons (Fsp3) is 0.0588. The molecule has 1 amide bonds. The number of thiophene rings is 1. The molecule has 2 heterocycles. The maximum Gasteiger partial charge on any atom is 0.261 e. The molecule has 3 aromatic rings. The summed E-state index contributed by atoms with van der Waals surface area (Å²) < 4.78 is 0. The molecule has 0 aliphatic carbocycles. The summed E-state index contributed by atoms with van der Waals surface area (Å²) >= 11 is 1.57. The fourth-order valence-corrected chi connectivity index (χ4v) is 2.78. The van der Waals surface area contributed by atoms with Crippen molar-refractivity contribution in [2.24, 2.45) is 0 Å². The second kappa shape index (κ2) is 6.41. The van der Waals surface area contributed by atoms with Gasteiger partial charge in [0.15, 0.2) is 0 Å². The van der Waals surface area contributed by atoms with E-state index in [0.29, 0.717) is 12.2 Å². The van der Waals surface area contributed by atoms with Crippen LogP contribution in [0, 0.1) is 0 Å². The molecule has 5 heteroatoms. The molecule has 2 aromatic heterocycles. The smallest absolute Gasteiger partial charge is 0.261 e. The lowest BCUT2D eigenvalue weighted by molar-refractivity contribution is 0.0949. The van der Waals surface area contributed by atoms with Crippen LogP contribution in [0.15, 0.2) is 64.1 Å². The zero-order chi connectivity index (χ0) is 15.4. The summed E-state index contributed by atoms with van der Waals surface area (Å²) in [4.78, 5) is 26.9. The van der Waals surface area contributed by atoms with Crippen LogP contribution < -0.4 is 10.9 Å². The fourth-order valence-electron chi connectivity index (χ4n) is 2.11. The van der Waals surface area contributed by atoms with Gasteiger partial charge in [-0.15, -0.1) is 0 Å². The van der Waals surface area contributed by atoms with Gasteiger partial charge in [-0.25, -0.2) is 0 Å². The molecule has 0 saturated carbocycles. The van der Waals surface area contributed by atoms with Gasteiger partial charge in [-0.3, -0.25) is 9.59 Å². The van der Waals surface area contributed by atoms with Gasteiger partial charge in [0.25, 0.3) is 11.5 Å². The highest BCUT2D eigenvalue weighted by Gasteiger charge is 2.11. The van der Waals surface area contributed by atoms with Gasteiger partial charge >= 0.3 is 0 Å². The van der Waals surface area contributed by atoms with Crippen molar-refractivity contribution in [3.8, 4) is 11.3 Å². The van der Waals surface area contributed by atoms with Crippen molar-refractivity contribution in [2.45, 2.75) is 6.54 Å². The van der Waals surface area contributed by atoms with Crippen molar-refractivity contribution in [1.29, 1.82) is 0 Å². The Morgan fingerprint density at radius 1 is 1.09 bits per heavy atom. The molecule has 22 heavy (non-hydrogen) atoms. The number of benzene rings is 1. The zero-order valence-corrected chi connectivity index (χ0v) is 12.5. The summed E-state index contributed by atoms with van der Waals surface area (Å²) in [5.74, 6) is -0.368. The quantitative estimate of drug-likeness (QED) is 0.778.